The number of aliphatic hydroxyl groups is 1. The quantitative estimate of drug-likeness (QED) is 0.833. The summed E-state index contributed by atoms with van der Waals surface area (Å²) in [5, 5.41) is 19.5. The van der Waals surface area contributed by atoms with Gasteiger partial charge in [-0.05, 0) is 38.1 Å². The predicted molar refractivity (Wildman–Crippen MR) is 64.8 cm³/mol. The maximum Gasteiger partial charge on any atom is 0.116 e. The van der Waals surface area contributed by atoms with E-state index in [4.69, 9.17) is 5.11 Å². The van der Waals surface area contributed by atoms with Crippen LogP contribution in [0.25, 0.3) is 10.9 Å². The number of hydrogen-bond acceptors (Lipinski definition) is 2. The lowest BCUT2D eigenvalue weighted by Gasteiger charge is -2.14. The Kier molecular flexibility index (Phi) is 2.88. The van der Waals surface area contributed by atoms with Gasteiger partial charge in [0.05, 0.1) is 0 Å². The predicted octanol–water partition coefficient (Wildman–Crippen LogP) is 2.46. The highest BCUT2D eigenvalue weighted by molar-refractivity contribution is 5.83. The minimum Gasteiger partial charge on any atom is -0.508 e. The molecule has 0 aliphatic carbocycles. The van der Waals surface area contributed by atoms with Crippen molar-refractivity contribution in [1.82, 2.24) is 4.57 Å². The van der Waals surface area contributed by atoms with Gasteiger partial charge in [-0.15, -0.1) is 0 Å². The second-order valence-electron chi connectivity index (χ2n) is 4.32. The topological polar surface area (TPSA) is 45.4 Å². The Morgan fingerprint density at radius 3 is 2.62 bits per heavy atom. The first-order chi connectivity index (χ1) is 7.63. The van der Waals surface area contributed by atoms with Crippen molar-refractivity contribution in [1.29, 1.82) is 0 Å². The van der Waals surface area contributed by atoms with Crippen molar-refractivity contribution in [3.8, 4) is 5.75 Å². The van der Waals surface area contributed by atoms with E-state index < -0.39 is 0 Å². The number of phenols is 1. The highest BCUT2D eigenvalue weighted by Crippen LogP contribution is 2.27. The van der Waals surface area contributed by atoms with Crippen LogP contribution >= 0.6 is 0 Å². The first-order valence-corrected chi connectivity index (χ1v) is 5.57. The molecular formula is C13H17NO2. The maximum atomic E-state index is 9.44. The van der Waals surface area contributed by atoms with Crippen LogP contribution in [0.5, 0.6) is 5.75 Å². The third kappa shape index (κ3) is 1.78. The zero-order valence-corrected chi connectivity index (χ0v) is 9.64. The molecule has 3 heteroatoms. The van der Waals surface area contributed by atoms with Gasteiger partial charge in [0.2, 0.25) is 0 Å². The molecule has 2 N–H and O–H groups in total. The van der Waals surface area contributed by atoms with Gasteiger partial charge in [0, 0.05) is 35.7 Å². The molecule has 0 fully saturated rings. The molecule has 0 amide bonds. The second kappa shape index (κ2) is 4.18. The minimum absolute atomic E-state index is 0.148. The van der Waals surface area contributed by atoms with E-state index >= 15 is 0 Å². The molecule has 16 heavy (non-hydrogen) atoms. The number of aromatic nitrogens is 1. The fraction of sp³-hybridized carbons (Fsp3) is 0.385. The summed E-state index contributed by atoms with van der Waals surface area (Å²) in [4.78, 5) is 0. The SMILES string of the molecule is CC(C)n1c(CCO)cc2cc(O)ccc21. The molecule has 86 valence electrons. The van der Waals surface area contributed by atoms with Crippen molar-refractivity contribution >= 4 is 10.9 Å². The first kappa shape index (κ1) is 11.0. The fourth-order valence-electron chi connectivity index (χ4n) is 2.20. The number of aliphatic hydroxyl groups excluding tert-OH is 1. The van der Waals surface area contributed by atoms with Crippen molar-refractivity contribution in [2.45, 2.75) is 26.3 Å². The van der Waals surface area contributed by atoms with Gasteiger partial charge in [0.1, 0.15) is 5.75 Å². The van der Waals surface area contributed by atoms with E-state index in [2.05, 4.69) is 18.4 Å². The summed E-state index contributed by atoms with van der Waals surface area (Å²) in [7, 11) is 0. The van der Waals surface area contributed by atoms with Crippen LogP contribution in [0.15, 0.2) is 24.3 Å². The molecule has 0 unspecified atom stereocenters. The Hall–Kier alpha value is -1.48. The van der Waals surface area contributed by atoms with Crippen molar-refractivity contribution < 1.29 is 10.2 Å². The Balaban J connectivity index is 2.65. The lowest BCUT2D eigenvalue weighted by Crippen LogP contribution is -2.06. The van der Waals surface area contributed by atoms with Crippen molar-refractivity contribution in [3.63, 3.8) is 0 Å². The summed E-state index contributed by atoms with van der Waals surface area (Å²) in [6.07, 6.45) is 0.646. The summed E-state index contributed by atoms with van der Waals surface area (Å²) >= 11 is 0. The third-order valence-corrected chi connectivity index (χ3v) is 2.79. The molecule has 2 rings (SSSR count). The molecule has 1 aromatic heterocycles. The van der Waals surface area contributed by atoms with Gasteiger partial charge < -0.3 is 14.8 Å². The normalized spacial score (nSPS) is 11.5. The maximum absolute atomic E-state index is 9.44. The molecule has 1 heterocycles. The molecule has 0 bridgehead atoms. The molecule has 0 spiro atoms. The van der Waals surface area contributed by atoms with E-state index in [0.717, 1.165) is 16.6 Å². The summed E-state index contributed by atoms with van der Waals surface area (Å²) in [5.41, 5.74) is 2.22. The molecule has 0 radical (unpaired) electrons. The van der Waals surface area contributed by atoms with E-state index in [1.54, 1.807) is 12.1 Å². The van der Waals surface area contributed by atoms with Crippen LogP contribution in [0.2, 0.25) is 0 Å². The Bertz CT molecular complexity index is 500. The van der Waals surface area contributed by atoms with E-state index in [9.17, 15) is 5.11 Å². The molecule has 2 aromatic rings. The van der Waals surface area contributed by atoms with Crippen LogP contribution in [0, 0.1) is 0 Å². The minimum atomic E-state index is 0.148. The monoisotopic (exact) mass is 219 g/mol. The van der Waals surface area contributed by atoms with Crippen LogP contribution in [0.1, 0.15) is 25.6 Å². The molecule has 0 saturated carbocycles. The van der Waals surface area contributed by atoms with Crippen LogP contribution in [-0.4, -0.2) is 21.4 Å². The van der Waals surface area contributed by atoms with Crippen molar-refractivity contribution in [2.75, 3.05) is 6.61 Å². The van der Waals surface area contributed by atoms with E-state index in [0.29, 0.717) is 12.5 Å². The third-order valence-electron chi connectivity index (χ3n) is 2.79. The summed E-state index contributed by atoms with van der Waals surface area (Å²) in [6, 6.07) is 7.76. The molecule has 0 aliphatic rings. The zero-order chi connectivity index (χ0) is 11.7. The van der Waals surface area contributed by atoms with Crippen LogP contribution in [0.4, 0.5) is 0 Å². The highest BCUT2D eigenvalue weighted by Gasteiger charge is 2.11. The van der Waals surface area contributed by atoms with Gasteiger partial charge in [0.15, 0.2) is 0 Å². The molecule has 0 saturated heterocycles. The number of nitrogens with zero attached hydrogens (tertiary/aromatic N) is 1. The summed E-state index contributed by atoms with van der Waals surface area (Å²) < 4.78 is 2.20. The number of fused-ring (bicyclic) bond motifs is 1. The number of aromatic hydroxyl groups is 1. The van der Waals surface area contributed by atoms with Gasteiger partial charge in [-0.2, -0.15) is 0 Å². The van der Waals surface area contributed by atoms with E-state index in [1.165, 1.54) is 0 Å². The summed E-state index contributed by atoms with van der Waals surface area (Å²) in [5.74, 6) is 0.281. The smallest absolute Gasteiger partial charge is 0.116 e. The lowest BCUT2D eigenvalue weighted by atomic mass is 10.2. The molecule has 1 aromatic carbocycles. The summed E-state index contributed by atoms with van der Waals surface area (Å²) in [6.45, 7) is 4.38. The van der Waals surface area contributed by atoms with Crippen LogP contribution in [0.3, 0.4) is 0 Å². The fourth-order valence-corrected chi connectivity index (χ4v) is 2.20. The largest absolute Gasteiger partial charge is 0.508 e. The van der Waals surface area contributed by atoms with Crippen molar-refractivity contribution in [2.24, 2.45) is 0 Å². The molecule has 3 nitrogen and oxygen atoms in total. The van der Waals surface area contributed by atoms with Gasteiger partial charge in [-0.1, -0.05) is 0 Å². The Morgan fingerprint density at radius 2 is 2.00 bits per heavy atom. The highest BCUT2D eigenvalue weighted by atomic mass is 16.3. The second-order valence-corrected chi connectivity index (χ2v) is 4.32. The lowest BCUT2D eigenvalue weighted by molar-refractivity contribution is 0.296. The first-order valence-electron chi connectivity index (χ1n) is 5.57. The van der Waals surface area contributed by atoms with Crippen LogP contribution < -0.4 is 0 Å². The van der Waals surface area contributed by atoms with Gasteiger partial charge >= 0.3 is 0 Å². The number of hydrogen-bond donors (Lipinski definition) is 2. The number of phenolic OH excluding ortho intramolecular Hbond substituents is 1. The van der Waals surface area contributed by atoms with Gasteiger partial charge in [-0.3, -0.25) is 0 Å². The number of rotatable bonds is 3. The average Bonchev–Trinajstić information content (AvgIpc) is 2.55. The van der Waals surface area contributed by atoms with Crippen molar-refractivity contribution in [3.05, 3.63) is 30.0 Å². The standard InChI is InChI=1S/C13H17NO2/c1-9(2)14-11(5-6-15)7-10-8-12(16)3-4-13(10)14/h3-4,7-9,15-16H,5-6H2,1-2H3. The Morgan fingerprint density at radius 1 is 1.25 bits per heavy atom. The number of benzene rings is 1. The van der Waals surface area contributed by atoms with Gasteiger partial charge in [-0.25, -0.2) is 0 Å². The molecular weight excluding hydrogens is 202 g/mol. The average molecular weight is 219 g/mol. The zero-order valence-electron chi connectivity index (χ0n) is 9.64. The van der Waals surface area contributed by atoms with E-state index in [1.807, 2.05) is 12.1 Å². The van der Waals surface area contributed by atoms with E-state index in [-0.39, 0.29) is 12.4 Å². The molecule has 0 atom stereocenters. The Labute approximate surface area is 94.9 Å². The van der Waals surface area contributed by atoms with Gasteiger partial charge in [0.25, 0.3) is 0 Å². The van der Waals surface area contributed by atoms with Crippen LogP contribution in [-0.2, 0) is 6.42 Å². The molecule has 0 aliphatic heterocycles.